The average molecular weight is 576 g/mol. The number of aromatic nitrogens is 2. The number of esters is 2. The van der Waals surface area contributed by atoms with Gasteiger partial charge in [0.05, 0.1) is 53.4 Å². The van der Waals surface area contributed by atoms with Crippen LogP contribution in [0.15, 0.2) is 53.4 Å². The zero-order chi connectivity index (χ0) is 28.7. The van der Waals surface area contributed by atoms with Crippen molar-refractivity contribution in [2.24, 2.45) is 0 Å². The molecule has 3 rings (SSSR count). The lowest BCUT2D eigenvalue weighted by molar-refractivity contribution is -0.141. The van der Waals surface area contributed by atoms with E-state index in [1.54, 1.807) is 12.5 Å². The smallest absolute Gasteiger partial charge is 0.418 e. The Morgan fingerprint density at radius 3 is 2.46 bits per heavy atom. The second-order valence-electron chi connectivity index (χ2n) is 8.78. The van der Waals surface area contributed by atoms with Crippen LogP contribution in [0.25, 0.3) is 0 Å². The van der Waals surface area contributed by atoms with E-state index >= 15 is 4.39 Å². The Morgan fingerprint density at radius 2 is 1.85 bits per heavy atom. The second kappa shape index (κ2) is 13.1. The van der Waals surface area contributed by atoms with Gasteiger partial charge in [-0.05, 0) is 38.3 Å². The lowest BCUT2D eigenvalue weighted by Gasteiger charge is -2.32. The van der Waals surface area contributed by atoms with Gasteiger partial charge in [0.15, 0.2) is 0 Å². The minimum atomic E-state index is -5.17. The molecule has 2 heterocycles. The number of nitrogens with zero attached hydrogens (tertiary/aromatic N) is 2. The zero-order valence-electron chi connectivity index (χ0n) is 21.2. The van der Waals surface area contributed by atoms with Crippen molar-refractivity contribution < 1.29 is 41.0 Å². The van der Waals surface area contributed by atoms with Crippen LogP contribution in [0.2, 0.25) is 5.02 Å². The van der Waals surface area contributed by atoms with E-state index in [1.807, 2.05) is 10.8 Å². The predicted octanol–water partition coefficient (Wildman–Crippen LogP) is 5.86. The first kappa shape index (κ1) is 30.1. The van der Waals surface area contributed by atoms with Crippen LogP contribution < -0.4 is 5.32 Å². The van der Waals surface area contributed by atoms with Crippen molar-refractivity contribution >= 4 is 23.5 Å². The number of hydrogen-bond donors (Lipinski definition) is 1. The molecule has 0 fully saturated rings. The van der Waals surface area contributed by atoms with Gasteiger partial charge in [0.25, 0.3) is 0 Å². The number of halogens is 6. The van der Waals surface area contributed by atoms with Crippen LogP contribution in [-0.4, -0.2) is 41.9 Å². The summed E-state index contributed by atoms with van der Waals surface area (Å²) in [7, 11) is 0.928. The van der Waals surface area contributed by atoms with Crippen molar-refractivity contribution in [3.8, 4) is 0 Å². The Morgan fingerprint density at radius 1 is 1.13 bits per heavy atom. The number of rotatable bonds is 11. The molecule has 1 aliphatic heterocycles. The number of allylic oxidation sites excluding steroid dienone is 2. The fraction of sp³-hybridized carbons (Fsp3) is 0.423. The molecule has 39 heavy (non-hydrogen) atoms. The molecule has 0 bridgehead atoms. The highest BCUT2D eigenvalue weighted by Crippen LogP contribution is 2.47. The summed E-state index contributed by atoms with van der Waals surface area (Å²) in [4.78, 5) is 29.9. The first-order chi connectivity index (χ1) is 18.5. The second-order valence-corrected chi connectivity index (χ2v) is 9.19. The van der Waals surface area contributed by atoms with Gasteiger partial charge in [0.2, 0.25) is 0 Å². The summed E-state index contributed by atoms with van der Waals surface area (Å²) in [6.07, 6.45) is 2.87. The van der Waals surface area contributed by atoms with Gasteiger partial charge in [0.1, 0.15) is 12.5 Å². The minimum Gasteiger partial charge on any atom is -0.466 e. The predicted molar refractivity (Wildman–Crippen MR) is 132 cm³/mol. The van der Waals surface area contributed by atoms with Crippen molar-refractivity contribution in [3.63, 3.8) is 0 Å². The molecule has 1 N–H and O–H groups in total. The molecule has 0 saturated heterocycles. The van der Waals surface area contributed by atoms with Crippen LogP contribution in [0.3, 0.4) is 0 Å². The van der Waals surface area contributed by atoms with Gasteiger partial charge in [-0.15, -0.1) is 0 Å². The molecule has 2 aromatic rings. The molecule has 0 saturated carbocycles. The van der Waals surface area contributed by atoms with Gasteiger partial charge >= 0.3 is 18.1 Å². The summed E-state index contributed by atoms with van der Waals surface area (Å²) in [5, 5.41) is 1.67. The molecule has 1 aliphatic rings. The fourth-order valence-electron chi connectivity index (χ4n) is 4.46. The maximum atomic E-state index is 15.2. The fourth-order valence-corrected chi connectivity index (χ4v) is 4.73. The van der Waals surface area contributed by atoms with Gasteiger partial charge in [0, 0.05) is 30.2 Å². The third kappa shape index (κ3) is 6.97. The van der Waals surface area contributed by atoms with Crippen LogP contribution in [0, 0.1) is 5.82 Å². The summed E-state index contributed by atoms with van der Waals surface area (Å²) in [5.41, 5.74) is -4.44. The van der Waals surface area contributed by atoms with Crippen LogP contribution in [-0.2, 0) is 31.8 Å². The quantitative estimate of drug-likeness (QED) is 0.205. The zero-order valence-corrected chi connectivity index (χ0v) is 22.0. The summed E-state index contributed by atoms with van der Waals surface area (Å²) in [6.45, 7) is 0.651. The monoisotopic (exact) mass is 575 g/mol. The Kier molecular flexibility index (Phi) is 10.1. The van der Waals surface area contributed by atoms with E-state index in [0.29, 0.717) is 25.0 Å². The molecular formula is C26H27ClF5N3O4. The first-order valence-corrected chi connectivity index (χ1v) is 12.4. The number of carbonyl (C=O) groups excluding carboxylic acids is 2. The van der Waals surface area contributed by atoms with E-state index in [0.717, 1.165) is 26.5 Å². The van der Waals surface area contributed by atoms with E-state index in [-0.39, 0.29) is 12.3 Å². The normalized spacial score (nSPS) is 15.8. The molecule has 0 spiro atoms. The summed E-state index contributed by atoms with van der Waals surface area (Å²) < 4.78 is 83.3. The van der Waals surface area contributed by atoms with Crippen LogP contribution in [0.5, 0.6) is 0 Å². The molecule has 1 aromatic carbocycles. The maximum absolute atomic E-state index is 15.2. The van der Waals surface area contributed by atoms with E-state index in [1.165, 1.54) is 6.92 Å². The molecule has 0 aliphatic carbocycles. The highest BCUT2D eigenvalue weighted by Gasteiger charge is 2.46. The topological polar surface area (TPSA) is 82.5 Å². The highest BCUT2D eigenvalue weighted by molar-refractivity contribution is 6.31. The minimum absolute atomic E-state index is 0.0786. The molecule has 212 valence electrons. The van der Waals surface area contributed by atoms with E-state index in [9.17, 15) is 27.2 Å². The van der Waals surface area contributed by atoms with Gasteiger partial charge in [-0.2, -0.15) is 13.2 Å². The molecule has 0 radical (unpaired) electrons. The van der Waals surface area contributed by atoms with Crippen molar-refractivity contribution in [2.75, 3.05) is 20.4 Å². The molecular weight excluding hydrogens is 549 g/mol. The average Bonchev–Trinajstić information content (AvgIpc) is 3.40. The van der Waals surface area contributed by atoms with E-state index < -0.39 is 69.5 Å². The van der Waals surface area contributed by atoms with Gasteiger partial charge in [-0.1, -0.05) is 18.0 Å². The number of alkyl halides is 4. The summed E-state index contributed by atoms with van der Waals surface area (Å²) in [6, 6.07) is 1.39. The first-order valence-electron chi connectivity index (χ1n) is 12.0. The Hall–Kier alpha value is -3.41. The van der Waals surface area contributed by atoms with Crippen molar-refractivity contribution in [1.82, 2.24) is 14.9 Å². The maximum Gasteiger partial charge on any atom is 0.418 e. The number of methoxy groups -OCH3 is 1. The molecule has 0 amide bonds. The standard InChI is InChI=1S/C26H27ClF5N3O4/c1-15-19(25(37)39-12-6-4-3-5-10-35-11-9-33-14-35)22(21(24(36)38-2)18(13-28)34-15)20-17(29)8-7-16(27)23(20)26(30,31)32/h7-9,11,14,22,34H,3-6,10,12-13H2,1-2H3. The number of hydrogen-bond acceptors (Lipinski definition) is 6. The van der Waals surface area contributed by atoms with Crippen molar-refractivity contribution in [3.05, 3.63) is 75.4 Å². The number of benzene rings is 1. The van der Waals surface area contributed by atoms with Crippen molar-refractivity contribution in [2.45, 2.75) is 51.2 Å². The SMILES string of the molecule is COC(=O)C1=C(CF)NC(C)=C(C(=O)OCCCCCCn2ccnc2)C1c1c(F)ccc(Cl)c1C(F)(F)F. The molecule has 1 unspecified atom stereocenters. The molecule has 1 atom stereocenters. The van der Waals surface area contributed by atoms with Gasteiger partial charge in [-0.3, -0.25) is 0 Å². The number of dihydropyridines is 1. The number of unbranched alkanes of at least 4 members (excludes halogenated alkanes) is 3. The number of carbonyl (C=O) groups is 2. The number of imidazole rings is 1. The molecule has 13 heteroatoms. The van der Waals surface area contributed by atoms with Gasteiger partial charge < -0.3 is 19.4 Å². The van der Waals surface area contributed by atoms with E-state index in [4.69, 9.17) is 16.3 Å². The largest absolute Gasteiger partial charge is 0.466 e. The lowest BCUT2D eigenvalue weighted by Crippen LogP contribution is -2.35. The summed E-state index contributed by atoms with van der Waals surface area (Å²) >= 11 is 5.83. The van der Waals surface area contributed by atoms with Gasteiger partial charge in [-0.25, -0.2) is 23.4 Å². The number of ether oxygens (including phenoxy) is 2. The Labute approximate surface area is 226 Å². The van der Waals surface area contributed by atoms with Crippen LogP contribution >= 0.6 is 11.6 Å². The third-order valence-electron chi connectivity index (χ3n) is 6.22. The molecule has 1 aromatic heterocycles. The molecule has 7 nitrogen and oxygen atoms in total. The number of nitrogens with one attached hydrogen (secondary N) is 1. The van der Waals surface area contributed by atoms with Crippen molar-refractivity contribution in [1.29, 1.82) is 0 Å². The highest BCUT2D eigenvalue weighted by atomic mass is 35.5. The Bertz CT molecular complexity index is 1260. The van der Waals surface area contributed by atoms with Crippen LogP contribution in [0.4, 0.5) is 22.0 Å². The summed E-state index contributed by atoms with van der Waals surface area (Å²) in [5.74, 6) is -5.73. The Balaban J connectivity index is 1.90. The lowest BCUT2D eigenvalue weighted by atomic mass is 9.78. The third-order valence-corrected chi connectivity index (χ3v) is 6.54. The number of aryl methyl sites for hydroxylation is 1. The van der Waals surface area contributed by atoms with Crippen LogP contribution in [0.1, 0.15) is 49.7 Å². The van der Waals surface area contributed by atoms with E-state index in [2.05, 4.69) is 15.0 Å².